The van der Waals surface area contributed by atoms with Crippen LogP contribution >= 0.6 is 0 Å². The largest absolute Gasteiger partial charge is 0.481 e. The smallest absolute Gasteiger partial charge is 0.417 e. The van der Waals surface area contributed by atoms with Crippen LogP contribution in [-0.2, 0) is 47.7 Å². The molecule has 0 bridgehead atoms. The Balaban J connectivity index is 0.000000426. The first-order valence-electron chi connectivity index (χ1n) is 13.9. The number of fused-ring (bicyclic) bond motifs is 2. The molecule has 4 aliphatic rings. The van der Waals surface area contributed by atoms with Crippen LogP contribution in [-0.4, -0.2) is 83.6 Å². The fourth-order valence-corrected chi connectivity index (χ4v) is 6.64. The molecule has 0 spiro atoms. The molecule has 1 aromatic heterocycles. The fraction of sp³-hybridized carbons (Fsp3) is 0.714. The van der Waals surface area contributed by atoms with Gasteiger partial charge < -0.3 is 29.3 Å². The maximum atomic E-state index is 13.8. The van der Waals surface area contributed by atoms with E-state index in [0.717, 1.165) is 44.6 Å². The first-order chi connectivity index (χ1) is 19.4. The Hall–Kier alpha value is -2.77. The number of ether oxygens (including phenoxy) is 3. The number of amides is 1. The van der Waals surface area contributed by atoms with Crippen molar-refractivity contribution in [2.45, 2.75) is 76.3 Å². The van der Waals surface area contributed by atoms with Crippen LogP contribution in [0.2, 0.25) is 0 Å². The monoisotopic (exact) mass is 586 g/mol. The number of nitrogens with zero attached hydrogens (tertiary/aromatic N) is 2. The second-order valence-electron chi connectivity index (χ2n) is 11.3. The minimum Gasteiger partial charge on any atom is -0.481 e. The molecule has 1 aliphatic carbocycles. The van der Waals surface area contributed by atoms with Crippen LogP contribution in [0.15, 0.2) is 12.3 Å². The maximum Gasteiger partial charge on any atom is 0.417 e. The first-order valence-corrected chi connectivity index (χ1v) is 13.9. The molecule has 0 aromatic carbocycles. The Kier molecular flexibility index (Phi) is 9.91. The predicted octanol–water partition coefficient (Wildman–Crippen LogP) is 3.55. The minimum atomic E-state index is -4.44. The number of carbonyl (C=O) groups is 3. The molecule has 13 heteroatoms. The van der Waals surface area contributed by atoms with Gasteiger partial charge in [0, 0.05) is 51.7 Å². The molecule has 228 valence electrons. The summed E-state index contributed by atoms with van der Waals surface area (Å²) in [5, 5.41) is 15.8. The van der Waals surface area contributed by atoms with E-state index in [9.17, 15) is 27.6 Å². The first kappa shape index (κ1) is 31.2. The van der Waals surface area contributed by atoms with Gasteiger partial charge in [-0.3, -0.25) is 19.4 Å². The topological polar surface area (TPSA) is 135 Å². The molecule has 2 N–H and O–H groups in total. The van der Waals surface area contributed by atoms with E-state index in [1.165, 1.54) is 0 Å². The summed E-state index contributed by atoms with van der Waals surface area (Å²) >= 11 is 0. The van der Waals surface area contributed by atoms with Crippen molar-refractivity contribution in [1.29, 1.82) is 0 Å². The number of methoxy groups -OCH3 is 1. The van der Waals surface area contributed by atoms with Crippen molar-refractivity contribution in [3.63, 3.8) is 0 Å². The minimum absolute atomic E-state index is 0.0332. The molecule has 5 rings (SSSR count). The van der Waals surface area contributed by atoms with Gasteiger partial charge in [0.15, 0.2) is 0 Å². The molecule has 41 heavy (non-hydrogen) atoms. The normalized spacial score (nSPS) is 29.2. The summed E-state index contributed by atoms with van der Waals surface area (Å²) in [6.07, 6.45) is 0.541. The number of carboxylic acid groups (broad SMARTS) is 2. The highest BCUT2D eigenvalue weighted by atomic mass is 19.4. The maximum absolute atomic E-state index is 13.8. The summed E-state index contributed by atoms with van der Waals surface area (Å²) in [5.74, 6) is -1.34. The SMILES string of the molecule is CO[C@@H]1COCC[C@@H]1CC1C[C@H]2OCC[C@@]2(C(=O)N2CCc3ncc(C(F)(F)F)cc3C2)C1.O=C(O)CCC(=O)O. The molecule has 5 atom stereocenters. The number of pyridine rings is 1. The van der Waals surface area contributed by atoms with Gasteiger partial charge in [0.1, 0.15) is 0 Å². The summed E-state index contributed by atoms with van der Waals surface area (Å²) in [6.45, 7) is 2.57. The average molecular weight is 587 g/mol. The van der Waals surface area contributed by atoms with E-state index in [1.54, 1.807) is 12.0 Å². The van der Waals surface area contributed by atoms with Crippen molar-refractivity contribution in [2.75, 3.05) is 33.5 Å². The third-order valence-corrected chi connectivity index (χ3v) is 8.70. The van der Waals surface area contributed by atoms with E-state index in [1.807, 2.05) is 0 Å². The number of halogens is 3. The average Bonchev–Trinajstić information content (AvgIpc) is 3.49. The number of carbonyl (C=O) groups excluding carboxylic acids is 1. The molecule has 4 heterocycles. The fourth-order valence-electron chi connectivity index (χ4n) is 6.64. The van der Waals surface area contributed by atoms with E-state index in [-0.39, 0.29) is 37.5 Å². The quantitative estimate of drug-likeness (QED) is 0.492. The summed E-state index contributed by atoms with van der Waals surface area (Å²) in [6, 6.07) is 1.15. The molecule has 1 unspecified atom stereocenters. The third-order valence-electron chi connectivity index (χ3n) is 8.70. The van der Waals surface area contributed by atoms with Gasteiger partial charge in [0.2, 0.25) is 5.91 Å². The van der Waals surface area contributed by atoms with Crippen LogP contribution < -0.4 is 0 Å². The van der Waals surface area contributed by atoms with Gasteiger partial charge in [-0.25, -0.2) is 0 Å². The summed E-state index contributed by atoms with van der Waals surface area (Å²) in [4.78, 5) is 38.9. The third kappa shape index (κ3) is 7.36. The van der Waals surface area contributed by atoms with Gasteiger partial charge in [0.25, 0.3) is 0 Å². The van der Waals surface area contributed by atoms with Crippen molar-refractivity contribution in [1.82, 2.24) is 9.88 Å². The highest BCUT2D eigenvalue weighted by Crippen LogP contribution is 2.53. The van der Waals surface area contributed by atoms with Crippen molar-refractivity contribution >= 4 is 17.8 Å². The number of aromatic nitrogens is 1. The van der Waals surface area contributed by atoms with Crippen LogP contribution in [0.5, 0.6) is 0 Å². The Bertz CT molecular complexity index is 1100. The Morgan fingerprint density at radius 1 is 1.20 bits per heavy atom. The Labute approximate surface area is 236 Å². The molecular formula is C28H37F3N2O8. The van der Waals surface area contributed by atoms with Gasteiger partial charge in [-0.1, -0.05) is 0 Å². The number of rotatable bonds is 7. The number of hydrogen-bond donors (Lipinski definition) is 2. The lowest BCUT2D eigenvalue weighted by Crippen LogP contribution is -2.48. The second-order valence-corrected chi connectivity index (χ2v) is 11.3. The highest BCUT2D eigenvalue weighted by Gasteiger charge is 2.57. The molecular weight excluding hydrogens is 549 g/mol. The highest BCUT2D eigenvalue weighted by molar-refractivity contribution is 5.84. The lowest BCUT2D eigenvalue weighted by Gasteiger charge is -2.37. The van der Waals surface area contributed by atoms with Crippen LogP contribution in [0.1, 0.15) is 61.8 Å². The molecule has 1 amide bonds. The van der Waals surface area contributed by atoms with Crippen LogP contribution in [0.3, 0.4) is 0 Å². The zero-order chi connectivity index (χ0) is 29.8. The number of alkyl halides is 3. The van der Waals surface area contributed by atoms with Gasteiger partial charge in [0.05, 0.1) is 42.6 Å². The van der Waals surface area contributed by atoms with Crippen LogP contribution in [0, 0.1) is 17.3 Å². The second kappa shape index (κ2) is 13.0. The van der Waals surface area contributed by atoms with Crippen molar-refractivity contribution in [3.8, 4) is 0 Å². The molecule has 3 fully saturated rings. The standard InChI is InChI=1S/C24H31F3N2O4.C4H6O4/c1-31-20-14-32-6-3-16(20)8-15-9-21-23(11-15,4-7-33-21)22(30)29-5-2-19-17(13-29)10-18(12-28-19)24(25,26)27;5-3(6)1-2-4(7)8/h10,12,15-16,20-21H,2-9,11,13-14H2,1H3;1-2H2,(H,5,6)(H,7,8)/t15?,16-,20-,21-,23-;/m1./s1. The van der Waals surface area contributed by atoms with Crippen LogP contribution in [0.25, 0.3) is 0 Å². The van der Waals surface area contributed by atoms with E-state index >= 15 is 0 Å². The van der Waals surface area contributed by atoms with E-state index in [2.05, 4.69) is 4.98 Å². The molecule has 2 saturated heterocycles. The van der Waals surface area contributed by atoms with Crippen molar-refractivity contribution in [2.24, 2.45) is 17.3 Å². The zero-order valence-electron chi connectivity index (χ0n) is 23.0. The van der Waals surface area contributed by atoms with E-state index < -0.39 is 29.1 Å². The van der Waals surface area contributed by atoms with Gasteiger partial charge in [-0.2, -0.15) is 13.2 Å². The Morgan fingerprint density at radius 3 is 2.59 bits per heavy atom. The zero-order valence-corrected chi connectivity index (χ0v) is 23.0. The lowest BCUT2D eigenvalue weighted by atomic mass is 9.78. The molecule has 0 radical (unpaired) electrons. The summed E-state index contributed by atoms with van der Waals surface area (Å²) in [5.41, 5.74) is -0.180. The summed E-state index contributed by atoms with van der Waals surface area (Å²) in [7, 11) is 1.72. The molecule has 10 nitrogen and oxygen atoms in total. The lowest BCUT2D eigenvalue weighted by molar-refractivity contribution is -0.145. The van der Waals surface area contributed by atoms with E-state index in [0.29, 0.717) is 55.7 Å². The number of carboxylic acids is 2. The van der Waals surface area contributed by atoms with E-state index in [4.69, 9.17) is 24.4 Å². The molecule has 3 aliphatic heterocycles. The summed E-state index contributed by atoms with van der Waals surface area (Å²) < 4.78 is 56.7. The van der Waals surface area contributed by atoms with Gasteiger partial charge in [-0.05, 0) is 55.6 Å². The number of aliphatic carboxylic acids is 2. The van der Waals surface area contributed by atoms with Gasteiger partial charge >= 0.3 is 18.1 Å². The van der Waals surface area contributed by atoms with Gasteiger partial charge in [-0.15, -0.1) is 0 Å². The Morgan fingerprint density at radius 2 is 1.93 bits per heavy atom. The van der Waals surface area contributed by atoms with Crippen molar-refractivity contribution < 1.29 is 52.0 Å². The molecule has 1 saturated carbocycles. The van der Waals surface area contributed by atoms with Crippen LogP contribution in [0.4, 0.5) is 13.2 Å². The molecule has 1 aromatic rings. The number of hydrogen-bond acceptors (Lipinski definition) is 7. The predicted molar refractivity (Wildman–Crippen MR) is 137 cm³/mol. The van der Waals surface area contributed by atoms with Crippen molar-refractivity contribution in [3.05, 3.63) is 29.1 Å².